The van der Waals surface area contributed by atoms with E-state index in [9.17, 15) is 0 Å². The predicted octanol–water partition coefficient (Wildman–Crippen LogP) is 2.40. The number of ether oxygens (including phenoxy) is 1. The molecular weight excluding hydrogens is 224 g/mol. The topological polar surface area (TPSA) is 38.5 Å². The van der Waals surface area contributed by atoms with Gasteiger partial charge in [-0.3, -0.25) is 4.90 Å². The van der Waals surface area contributed by atoms with Crippen molar-refractivity contribution in [2.24, 2.45) is 11.1 Å². The number of hydrogen-bond donors (Lipinski definition) is 1. The molecule has 2 rings (SSSR count). The minimum absolute atomic E-state index is 0.390. The Morgan fingerprint density at radius 3 is 2.56 bits per heavy atom. The Balaban J connectivity index is 1.98. The molecule has 0 aromatic carbocycles. The average molecular weight is 254 g/mol. The number of nitrogens with zero attached hydrogens (tertiary/aromatic N) is 1. The quantitative estimate of drug-likeness (QED) is 0.783. The Labute approximate surface area is 112 Å². The second kappa shape index (κ2) is 6.88. The molecule has 1 saturated carbocycles. The summed E-state index contributed by atoms with van der Waals surface area (Å²) in [6, 6.07) is 0.616. The molecule has 106 valence electrons. The Morgan fingerprint density at radius 2 is 1.94 bits per heavy atom. The first-order valence-electron chi connectivity index (χ1n) is 7.81. The van der Waals surface area contributed by atoms with Crippen LogP contribution in [0.1, 0.15) is 51.9 Å². The van der Waals surface area contributed by atoms with Crippen molar-refractivity contribution in [1.29, 1.82) is 0 Å². The van der Waals surface area contributed by atoms with Gasteiger partial charge >= 0.3 is 0 Å². The maximum Gasteiger partial charge on any atom is 0.0622 e. The van der Waals surface area contributed by atoms with E-state index >= 15 is 0 Å². The number of rotatable bonds is 4. The standard InChI is InChI=1S/C15H30N2O/c1-2-14-11-18-10-9-17(14)13-15(12-16)7-5-3-4-6-8-15/h14H,2-13,16H2,1H3. The van der Waals surface area contributed by atoms with E-state index in [0.717, 1.165) is 26.3 Å². The monoisotopic (exact) mass is 254 g/mol. The summed E-state index contributed by atoms with van der Waals surface area (Å²) in [4.78, 5) is 2.65. The lowest BCUT2D eigenvalue weighted by Gasteiger charge is -2.42. The highest BCUT2D eigenvalue weighted by Gasteiger charge is 2.34. The fraction of sp³-hybridized carbons (Fsp3) is 1.00. The fourth-order valence-electron chi connectivity index (χ4n) is 3.61. The summed E-state index contributed by atoms with van der Waals surface area (Å²) in [6.45, 7) is 7.25. The first kappa shape index (κ1) is 14.3. The van der Waals surface area contributed by atoms with E-state index in [1.165, 1.54) is 51.5 Å². The third-order valence-electron chi connectivity index (χ3n) is 4.96. The van der Waals surface area contributed by atoms with Gasteiger partial charge in [-0.15, -0.1) is 0 Å². The normalized spacial score (nSPS) is 30.0. The lowest BCUT2D eigenvalue weighted by molar-refractivity contribution is -0.0295. The minimum atomic E-state index is 0.390. The van der Waals surface area contributed by atoms with Crippen LogP contribution in [0.2, 0.25) is 0 Å². The van der Waals surface area contributed by atoms with Gasteiger partial charge in [-0.2, -0.15) is 0 Å². The van der Waals surface area contributed by atoms with Gasteiger partial charge in [0.25, 0.3) is 0 Å². The molecule has 18 heavy (non-hydrogen) atoms. The van der Waals surface area contributed by atoms with Gasteiger partial charge in [0.15, 0.2) is 0 Å². The molecule has 1 atom stereocenters. The zero-order chi connectivity index (χ0) is 12.8. The van der Waals surface area contributed by atoms with Crippen LogP contribution in [0.4, 0.5) is 0 Å². The molecule has 2 aliphatic rings. The molecule has 1 heterocycles. The van der Waals surface area contributed by atoms with Crippen LogP contribution >= 0.6 is 0 Å². The van der Waals surface area contributed by atoms with Gasteiger partial charge in [-0.05, 0) is 31.2 Å². The van der Waals surface area contributed by atoms with Crippen LogP contribution in [0.15, 0.2) is 0 Å². The summed E-state index contributed by atoms with van der Waals surface area (Å²) in [6.07, 6.45) is 9.41. The number of nitrogens with two attached hydrogens (primary N) is 1. The highest BCUT2D eigenvalue weighted by atomic mass is 16.5. The summed E-state index contributed by atoms with van der Waals surface area (Å²) in [7, 11) is 0. The molecule has 3 heteroatoms. The summed E-state index contributed by atoms with van der Waals surface area (Å²) in [5.74, 6) is 0. The maximum absolute atomic E-state index is 6.15. The van der Waals surface area contributed by atoms with Crippen molar-refractivity contribution < 1.29 is 4.74 Å². The zero-order valence-corrected chi connectivity index (χ0v) is 12.0. The molecule has 3 nitrogen and oxygen atoms in total. The van der Waals surface area contributed by atoms with E-state index < -0.39 is 0 Å². The Hall–Kier alpha value is -0.120. The van der Waals surface area contributed by atoms with Gasteiger partial charge in [0.1, 0.15) is 0 Å². The van der Waals surface area contributed by atoms with Gasteiger partial charge in [0.05, 0.1) is 13.2 Å². The van der Waals surface area contributed by atoms with Crippen LogP contribution < -0.4 is 5.73 Å². The van der Waals surface area contributed by atoms with Gasteiger partial charge in [0.2, 0.25) is 0 Å². The summed E-state index contributed by atoms with van der Waals surface area (Å²) in [5, 5.41) is 0. The van der Waals surface area contributed by atoms with Crippen LogP contribution in [0.3, 0.4) is 0 Å². The Morgan fingerprint density at radius 1 is 1.22 bits per heavy atom. The molecule has 0 aromatic rings. The molecule has 0 bridgehead atoms. The van der Waals surface area contributed by atoms with Crippen molar-refractivity contribution in [3.63, 3.8) is 0 Å². The van der Waals surface area contributed by atoms with Crippen molar-refractivity contribution in [3.05, 3.63) is 0 Å². The molecule has 2 fully saturated rings. The third kappa shape index (κ3) is 3.46. The molecule has 0 spiro atoms. The van der Waals surface area contributed by atoms with E-state index in [2.05, 4.69) is 11.8 Å². The van der Waals surface area contributed by atoms with Crippen molar-refractivity contribution in [1.82, 2.24) is 4.90 Å². The summed E-state index contributed by atoms with van der Waals surface area (Å²) in [5.41, 5.74) is 6.54. The van der Waals surface area contributed by atoms with Crippen LogP contribution in [0.5, 0.6) is 0 Å². The molecule has 1 aliphatic carbocycles. The molecule has 0 aromatic heterocycles. The second-order valence-electron chi connectivity index (χ2n) is 6.23. The maximum atomic E-state index is 6.15. The third-order valence-corrected chi connectivity index (χ3v) is 4.96. The fourth-order valence-corrected chi connectivity index (χ4v) is 3.61. The van der Waals surface area contributed by atoms with Crippen LogP contribution in [0.25, 0.3) is 0 Å². The highest BCUT2D eigenvalue weighted by Crippen LogP contribution is 2.35. The molecule has 1 saturated heterocycles. The van der Waals surface area contributed by atoms with Crippen molar-refractivity contribution in [3.8, 4) is 0 Å². The molecule has 1 aliphatic heterocycles. The molecule has 0 radical (unpaired) electrons. The van der Waals surface area contributed by atoms with Crippen LogP contribution in [-0.2, 0) is 4.74 Å². The zero-order valence-electron chi connectivity index (χ0n) is 12.0. The molecule has 1 unspecified atom stereocenters. The molecular formula is C15H30N2O. The lowest BCUT2D eigenvalue weighted by atomic mass is 9.79. The average Bonchev–Trinajstić information content (AvgIpc) is 2.66. The number of hydrogen-bond acceptors (Lipinski definition) is 3. The number of morpholine rings is 1. The predicted molar refractivity (Wildman–Crippen MR) is 75.7 cm³/mol. The van der Waals surface area contributed by atoms with E-state index in [-0.39, 0.29) is 0 Å². The van der Waals surface area contributed by atoms with E-state index in [0.29, 0.717) is 11.5 Å². The smallest absolute Gasteiger partial charge is 0.0622 e. The molecule has 2 N–H and O–H groups in total. The molecule has 0 amide bonds. The van der Waals surface area contributed by atoms with Gasteiger partial charge in [-0.25, -0.2) is 0 Å². The van der Waals surface area contributed by atoms with Crippen molar-refractivity contribution in [2.75, 3.05) is 32.8 Å². The van der Waals surface area contributed by atoms with E-state index in [1.54, 1.807) is 0 Å². The second-order valence-corrected chi connectivity index (χ2v) is 6.23. The van der Waals surface area contributed by atoms with Crippen LogP contribution in [0, 0.1) is 5.41 Å². The lowest BCUT2D eigenvalue weighted by Crippen LogP contribution is -2.51. The van der Waals surface area contributed by atoms with E-state index in [1.807, 2.05) is 0 Å². The summed E-state index contributed by atoms with van der Waals surface area (Å²) < 4.78 is 5.61. The largest absolute Gasteiger partial charge is 0.378 e. The van der Waals surface area contributed by atoms with Gasteiger partial charge in [0, 0.05) is 19.1 Å². The minimum Gasteiger partial charge on any atom is -0.378 e. The Bertz CT molecular complexity index is 237. The highest BCUT2D eigenvalue weighted by molar-refractivity contribution is 4.88. The first-order chi connectivity index (χ1) is 8.79. The van der Waals surface area contributed by atoms with Crippen molar-refractivity contribution in [2.45, 2.75) is 57.9 Å². The van der Waals surface area contributed by atoms with Gasteiger partial charge < -0.3 is 10.5 Å². The van der Waals surface area contributed by atoms with Crippen LogP contribution in [-0.4, -0.2) is 43.8 Å². The SMILES string of the molecule is CCC1COCCN1CC1(CN)CCCCCC1. The van der Waals surface area contributed by atoms with Gasteiger partial charge in [-0.1, -0.05) is 32.6 Å². The summed E-state index contributed by atoms with van der Waals surface area (Å²) >= 11 is 0. The van der Waals surface area contributed by atoms with Crippen molar-refractivity contribution >= 4 is 0 Å². The Kier molecular flexibility index (Phi) is 5.46. The van der Waals surface area contributed by atoms with E-state index in [4.69, 9.17) is 10.5 Å². The first-order valence-corrected chi connectivity index (χ1v) is 7.81.